The lowest BCUT2D eigenvalue weighted by atomic mass is 10.2. The Bertz CT molecular complexity index is 465. The van der Waals surface area contributed by atoms with Gasteiger partial charge in [0.15, 0.2) is 0 Å². The van der Waals surface area contributed by atoms with E-state index in [1.165, 1.54) is 0 Å². The standard InChI is InChI=1S/C11H10N2O4/c12-5-8-3-1-2-4-9(8)13-10(14)6-17-7-11(15)16/h1-4H,6-7H2,(H,13,14)(H,15,16). The molecule has 0 aliphatic rings. The molecular weight excluding hydrogens is 224 g/mol. The summed E-state index contributed by atoms with van der Waals surface area (Å²) >= 11 is 0. The molecule has 0 aliphatic carbocycles. The maximum Gasteiger partial charge on any atom is 0.329 e. The van der Waals surface area contributed by atoms with E-state index in [0.717, 1.165) is 0 Å². The Labute approximate surface area is 97.4 Å². The molecule has 1 aromatic carbocycles. The fourth-order valence-corrected chi connectivity index (χ4v) is 1.11. The zero-order chi connectivity index (χ0) is 12.7. The van der Waals surface area contributed by atoms with Crippen LogP contribution < -0.4 is 5.32 Å². The number of rotatable bonds is 5. The second-order valence-electron chi connectivity index (χ2n) is 3.09. The molecule has 0 bridgehead atoms. The molecule has 2 N–H and O–H groups in total. The summed E-state index contributed by atoms with van der Waals surface area (Å²) in [5, 5.41) is 19.5. The van der Waals surface area contributed by atoms with Crippen LogP contribution in [0.5, 0.6) is 0 Å². The Morgan fingerprint density at radius 2 is 2.06 bits per heavy atom. The van der Waals surface area contributed by atoms with Gasteiger partial charge in [0, 0.05) is 0 Å². The van der Waals surface area contributed by atoms with Crippen LogP contribution in [-0.4, -0.2) is 30.2 Å². The summed E-state index contributed by atoms with van der Waals surface area (Å²) in [6, 6.07) is 8.42. The number of nitrogens with one attached hydrogen (secondary N) is 1. The molecule has 6 nitrogen and oxygen atoms in total. The van der Waals surface area contributed by atoms with E-state index in [1.807, 2.05) is 6.07 Å². The summed E-state index contributed by atoms with van der Waals surface area (Å²) in [5.74, 6) is -1.65. The van der Waals surface area contributed by atoms with E-state index in [1.54, 1.807) is 24.3 Å². The number of carbonyl (C=O) groups excluding carboxylic acids is 1. The number of amides is 1. The van der Waals surface area contributed by atoms with Crippen LogP contribution in [0.2, 0.25) is 0 Å². The van der Waals surface area contributed by atoms with Crippen molar-refractivity contribution in [1.29, 1.82) is 5.26 Å². The number of benzene rings is 1. The number of hydrogen-bond donors (Lipinski definition) is 2. The maximum atomic E-state index is 11.3. The van der Waals surface area contributed by atoms with E-state index < -0.39 is 18.5 Å². The highest BCUT2D eigenvalue weighted by Gasteiger charge is 2.07. The molecular formula is C11H10N2O4. The third kappa shape index (κ3) is 4.32. The molecule has 1 aromatic rings. The number of carbonyl (C=O) groups is 2. The zero-order valence-corrected chi connectivity index (χ0v) is 8.84. The Morgan fingerprint density at radius 3 is 2.71 bits per heavy atom. The molecule has 0 atom stereocenters. The van der Waals surface area contributed by atoms with Crippen molar-refractivity contribution >= 4 is 17.6 Å². The lowest BCUT2D eigenvalue weighted by molar-refractivity contribution is -0.143. The molecule has 6 heteroatoms. The van der Waals surface area contributed by atoms with Gasteiger partial charge in [-0.1, -0.05) is 12.1 Å². The smallest absolute Gasteiger partial charge is 0.329 e. The van der Waals surface area contributed by atoms with E-state index in [9.17, 15) is 9.59 Å². The predicted molar refractivity (Wildman–Crippen MR) is 58.2 cm³/mol. The van der Waals surface area contributed by atoms with Crippen molar-refractivity contribution in [2.45, 2.75) is 0 Å². The molecule has 0 aliphatic heterocycles. The van der Waals surface area contributed by atoms with Gasteiger partial charge in [0.1, 0.15) is 19.3 Å². The highest BCUT2D eigenvalue weighted by atomic mass is 16.5. The molecule has 0 radical (unpaired) electrons. The number of anilines is 1. The number of carboxylic acid groups (broad SMARTS) is 1. The van der Waals surface area contributed by atoms with Gasteiger partial charge in [-0.3, -0.25) is 4.79 Å². The Balaban J connectivity index is 2.51. The SMILES string of the molecule is N#Cc1ccccc1NC(=O)COCC(=O)O. The lowest BCUT2D eigenvalue weighted by Crippen LogP contribution is -2.21. The minimum Gasteiger partial charge on any atom is -0.480 e. The van der Waals surface area contributed by atoms with Crippen LogP contribution in [0.15, 0.2) is 24.3 Å². The lowest BCUT2D eigenvalue weighted by Gasteiger charge is -2.06. The van der Waals surface area contributed by atoms with E-state index >= 15 is 0 Å². The van der Waals surface area contributed by atoms with Crippen molar-refractivity contribution in [1.82, 2.24) is 0 Å². The quantitative estimate of drug-likeness (QED) is 0.777. The molecule has 0 aromatic heterocycles. The second kappa shape index (κ2) is 6.25. The Morgan fingerprint density at radius 1 is 1.35 bits per heavy atom. The number of hydrogen-bond acceptors (Lipinski definition) is 4. The van der Waals surface area contributed by atoms with Crippen molar-refractivity contribution in [2.75, 3.05) is 18.5 Å². The van der Waals surface area contributed by atoms with Crippen molar-refractivity contribution in [3.63, 3.8) is 0 Å². The van der Waals surface area contributed by atoms with E-state index in [0.29, 0.717) is 11.3 Å². The van der Waals surface area contributed by atoms with Crippen molar-refractivity contribution in [2.24, 2.45) is 0 Å². The molecule has 0 saturated heterocycles. The maximum absolute atomic E-state index is 11.3. The van der Waals surface area contributed by atoms with Crippen LogP contribution in [0, 0.1) is 11.3 Å². The molecule has 0 unspecified atom stereocenters. The molecule has 17 heavy (non-hydrogen) atoms. The molecule has 88 valence electrons. The van der Waals surface area contributed by atoms with Crippen LogP contribution >= 0.6 is 0 Å². The van der Waals surface area contributed by atoms with E-state index in [4.69, 9.17) is 10.4 Å². The van der Waals surface area contributed by atoms with Gasteiger partial charge in [-0.05, 0) is 12.1 Å². The number of nitriles is 1. The normalized spacial score (nSPS) is 9.35. The molecule has 0 spiro atoms. The van der Waals surface area contributed by atoms with Crippen molar-refractivity contribution < 1.29 is 19.4 Å². The van der Waals surface area contributed by atoms with Gasteiger partial charge in [0.2, 0.25) is 5.91 Å². The minimum atomic E-state index is -1.14. The van der Waals surface area contributed by atoms with Gasteiger partial charge in [0.25, 0.3) is 0 Å². The summed E-state index contributed by atoms with van der Waals surface area (Å²) < 4.78 is 4.61. The molecule has 0 fully saturated rings. The Hall–Kier alpha value is -2.39. The van der Waals surface area contributed by atoms with Crippen LogP contribution in [0.4, 0.5) is 5.69 Å². The first-order valence-electron chi connectivity index (χ1n) is 4.72. The van der Waals surface area contributed by atoms with E-state index in [2.05, 4.69) is 10.1 Å². The second-order valence-corrected chi connectivity index (χ2v) is 3.09. The predicted octanol–water partition coefficient (Wildman–Crippen LogP) is 0.598. The fraction of sp³-hybridized carbons (Fsp3) is 0.182. The number of nitrogens with zero attached hydrogens (tertiary/aromatic N) is 1. The Kier molecular flexibility index (Phi) is 4.66. The largest absolute Gasteiger partial charge is 0.480 e. The summed E-state index contributed by atoms with van der Waals surface area (Å²) in [4.78, 5) is 21.5. The molecule has 0 heterocycles. The van der Waals surface area contributed by atoms with Gasteiger partial charge >= 0.3 is 5.97 Å². The monoisotopic (exact) mass is 234 g/mol. The first kappa shape index (κ1) is 12.7. The number of ether oxygens (including phenoxy) is 1. The summed E-state index contributed by atoms with van der Waals surface area (Å²) in [6.07, 6.45) is 0. The van der Waals surface area contributed by atoms with Crippen LogP contribution in [0.3, 0.4) is 0 Å². The number of carboxylic acids is 1. The van der Waals surface area contributed by atoms with Gasteiger partial charge in [-0.25, -0.2) is 4.79 Å². The summed E-state index contributed by atoms with van der Waals surface area (Å²) in [6.45, 7) is -0.903. The summed E-state index contributed by atoms with van der Waals surface area (Å²) in [7, 11) is 0. The van der Waals surface area contributed by atoms with Gasteiger partial charge in [-0.15, -0.1) is 0 Å². The average molecular weight is 234 g/mol. The number of aliphatic carboxylic acids is 1. The highest BCUT2D eigenvalue weighted by Crippen LogP contribution is 2.12. The first-order valence-corrected chi connectivity index (χ1v) is 4.72. The molecule has 0 saturated carbocycles. The van der Waals surface area contributed by atoms with E-state index in [-0.39, 0.29) is 6.61 Å². The van der Waals surface area contributed by atoms with Gasteiger partial charge in [-0.2, -0.15) is 5.26 Å². The topological polar surface area (TPSA) is 99.4 Å². The zero-order valence-electron chi connectivity index (χ0n) is 8.84. The van der Waals surface area contributed by atoms with Crippen molar-refractivity contribution in [3.05, 3.63) is 29.8 Å². The van der Waals surface area contributed by atoms with Crippen LogP contribution in [0.1, 0.15) is 5.56 Å². The molecule has 1 amide bonds. The van der Waals surface area contributed by atoms with Crippen LogP contribution in [-0.2, 0) is 14.3 Å². The third-order valence-electron chi connectivity index (χ3n) is 1.78. The fourth-order valence-electron chi connectivity index (χ4n) is 1.11. The van der Waals surface area contributed by atoms with Crippen LogP contribution in [0.25, 0.3) is 0 Å². The third-order valence-corrected chi connectivity index (χ3v) is 1.78. The minimum absolute atomic E-state index is 0.332. The highest BCUT2D eigenvalue weighted by molar-refractivity contribution is 5.93. The van der Waals surface area contributed by atoms with Gasteiger partial charge < -0.3 is 15.2 Å². The summed E-state index contributed by atoms with van der Waals surface area (Å²) in [5.41, 5.74) is 0.706. The van der Waals surface area contributed by atoms with Gasteiger partial charge in [0.05, 0.1) is 11.3 Å². The first-order chi connectivity index (χ1) is 8.13. The average Bonchev–Trinajstić information content (AvgIpc) is 2.29. The number of para-hydroxylation sites is 1. The van der Waals surface area contributed by atoms with Crippen molar-refractivity contribution in [3.8, 4) is 6.07 Å². The molecule has 1 rings (SSSR count).